The normalized spacial score (nSPS) is 17.3. The quantitative estimate of drug-likeness (QED) is 0.505. The second kappa shape index (κ2) is 8.20. The molecule has 1 atom stereocenters. The third-order valence-electron chi connectivity index (χ3n) is 5.82. The fourth-order valence-corrected chi connectivity index (χ4v) is 5.82. The number of nitrogens with zero attached hydrogens (tertiary/aromatic N) is 1. The van der Waals surface area contributed by atoms with Gasteiger partial charge in [-0.15, -0.1) is 0 Å². The van der Waals surface area contributed by atoms with Crippen molar-refractivity contribution in [3.8, 4) is 22.4 Å². The molecule has 1 aliphatic heterocycles. The number of fused-ring (bicyclic) bond motifs is 1. The minimum Gasteiger partial charge on any atom is -0.348 e. The van der Waals surface area contributed by atoms with Gasteiger partial charge in [0.1, 0.15) is 0 Å². The number of carbonyl (C=O) groups is 1. The second-order valence-electron chi connectivity index (χ2n) is 8.09. The summed E-state index contributed by atoms with van der Waals surface area (Å²) in [7, 11) is -3.07. The number of carbonyl (C=O) groups excluding carboxylic acids is 1. The van der Waals surface area contributed by atoms with Gasteiger partial charge in [0.15, 0.2) is 9.84 Å². The van der Waals surface area contributed by atoms with Gasteiger partial charge in [-0.1, -0.05) is 72.8 Å². The zero-order valence-corrected chi connectivity index (χ0v) is 18.2. The summed E-state index contributed by atoms with van der Waals surface area (Å²) in [4.78, 5) is 17.9. The number of rotatable bonds is 4. The summed E-state index contributed by atoms with van der Waals surface area (Å²) < 4.78 is 23.6. The highest BCUT2D eigenvalue weighted by atomic mass is 32.2. The Morgan fingerprint density at radius 3 is 2.22 bits per heavy atom. The Morgan fingerprint density at radius 2 is 1.50 bits per heavy atom. The van der Waals surface area contributed by atoms with E-state index in [-0.39, 0.29) is 23.5 Å². The minimum atomic E-state index is -3.07. The number of nitrogens with one attached hydrogen (secondary N) is 1. The van der Waals surface area contributed by atoms with Gasteiger partial charge in [-0.25, -0.2) is 13.4 Å². The van der Waals surface area contributed by atoms with Gasteiger partial charge < -0.3 is 5.32 Å². The van der Waals surface area contributed by atoms with Crippen LogP contribution in [-0.2, 0) is 9.84 Å². The smallest absolute Gasteiger partial charge is 0.252 e. The first-order chi connectivity index (χ1) is 15.5. The Labute approximate surface area is 187 Å². The molecule has 160 valence electrons. The van der Waals surface area contributed by atoms with E-state index in [0.717, 1.165) is 27.6 Å². The molecule has 0 aliphatic carbocycles. The molecule has 1 unspecified atom stereocenters. The summed E-state index contributed by atoms with van der Waals surface area (Å²) in [5.41, 5.74) is 5.08. The molecule has 5 nitrogen and oxygen atoms in total. The highest BCUT2D eigenvalue weighted by Gasteiger charge is 2.29. The third kappa shape index (κ3) is 4.14. The summed E-state index contributed by atoms with van der Waals surface area (Å²) >= 11 is 0. The number of pyridine rings is 1. The molecule has 1 aliphatic rings. The van der Waals surface area contributed by atoms with Crippen LogP contribution in [0.4, 0.5) is 0 Å². The highest BCUT2D eigenvalue weighted by molar-refractivity contribution is 7.91. The summed E-state index contributed by atoms with van der Waals surface area (Å²) in [5.74, 6) is -0.156. The molecule has 2 heterocycles. The molecular weight excluding hydrogens is 420 g/mol. The Hall–Kier alpha value is -3.51. The van der Waals surface area contributed by atoms with E-state index in [2.05, 4.69) is 17.4 Å². The average molecular weight is 443 g/mol. The number of hydrogen-bond acceptors (Lipinski definition) is 4. The predicted octanol–water partition coefficient (Wildman–Crippen LogP) is 4.49. The number of aromatic nitrogens is 1. The Kier molecular flexibility index (Phi) is 5.23. The van der Waals surface area contributed by atoms with Crippen molar-refractivity contribution in [3.63, 3.8) is 0 Å². The number of para-hydroxylation sites is 1. The SMILES string of the molecule is O=C(NC1CCS(=O)(=O)C1)c1cc(-c2ccc(-c3ccccc3)cc2)nc2ccccc12. The molecule has 0 bridgehead atoms. The lowest BCUT2D eigenvalue weighted by Gasteiger charge is -2.14. The van der Waals surface area contributed by atoms with Crippen molar-refractivity contribution in [2.75, 3.05) is 11.5 Å². The van der Waals surface area contributed by atoms with E-state index in [1.54, 1.807) is 6.07 Å². The molecule has 4 aromatic rings. The van der Waals surface area contributed by atoms with E-state index in [0.29, 0.717) is 17.7 Å². The molecule has 5 rings (SSSR count). The molecule has 1 N–H and O–H groups in total. The molecule has 1 saturated heterocycles. The van der Waals surface area contributed by atoms with Gasteiger partial charge in [-0.2, -0.15) is 0 Å². The zero-order chi connectivity index (χ0) is 22.1. The van der Waals surface area contributed by atoms with Gasteiger partial charge in [0.25, 0.3) is 5.91 Å². The highest BCUT2D eigenvalue weighted by Crippen LogP contribution is 2.28. The first kappa shape index (κ1) is 20.4. The Morgan fingerprint density at radius 1 is 0.844 bits per heavy atom. The van der Waals surface area contributed by atoms with E-state index in [1.165, 1.54) is 0 Å². The summed E-state index contributed by atoms with van der Waals surface area (Å²) in [6.45, 7) is 0. The van der Waals surface area contributed by atoms with Gasteiger partial charge in [0.2, 0.25) is 0 Å². The van der Waals surface area contributed by atoms with Crippen LogP contribution in [0.2, 0.25) is 0 Å². The predicted molar refractivity (Wildman–Crippen MR) is 127 cm³/mol. The van der Waals surface area contributed by atoms with Gasteiger partial charge >= 0.3 is 0 Å². The molecule has 3 aromatic carbocycles. The second-order valence-corrected chi connectivity index (χ2v) is 10.3. The maximum atomic E-state index is 13.1. The lowest BCUT2D eigenvalue weighted by molar-refractivity contribution is 0.0943. The number of sulfone groups is 1. The van der Waals surface area contributed by atoms with Crippen molar-refractivity contribution < 1.29 is 13.2 Å². The molecule has 1 fully saturated rings. The fraction of sp³-hybridized carbons (Fsp3) is 0.154. The molecule has 0 spiro atoms. The van der Waals surface area contributed by atoms with Crippen molar-refractivity contribution in [3.05, 3.63) is 90.5 Å². The van der Waals surface area contributed by atoms with Crippen molar-refractivity contribution in [2.45, 2.75) is 12.5 Å². The molecule has 32 heavy (non-hydrogen) atoms. The topological polar surface area (TPSA) is 76.1 Å². The van der Waals surface area contributed by atoms with Gasteiger partial charge in [0, 0.05) is 17.0 Å². The summed E-state index contributed by atoms with van der Waals surface area (Å²) in [6, 6.07) is 27.2. The average Bonchev–Trinajstić information content (AvgIpc) is 3.17. The van der Waals surface area contributed by atoms with Crippen LogP contribution < -0.4 is 5.32 Å². The Bertz CT molecular complexity index is 1400. The standard InChI is InChI=1S/C26H22N2O3S/c29-26(27-21-14-15-32(30,31)17-21)23-16-25(28-24-9-5-4-8-22(23)24)20-12-10-19(11-13-20)18-6-2-1-3-7-18/h1-13,16,21H,14-15,17H2,(H,27,29). The maximum Gasteiger partial charge on any atom is 0.252 e. The van der Waals surface area contributed by atoms with Gasteiger partial charge in [0.05, 0.1) is 28.3 Å². The van der Waals surface area contributed by atoms with Crippen LogP contribution >= 0.6 is 0 Å². The number of hydrogen-bond donors (Lipinski definition) is 1. The number of benzene rings is 3. The number of amides is 1. The van der Waals surface area contributed by atoms with Crippen LogP contribution in [0.15, 0.2) is 84.9 Å². The van der Waals surface area contributed by atoms with E-state index < -0.39 is 9.84 Å². The first-order valence-electron chi connectivity index (χ1n) is 10.6. The zero-order valence-electron chi connectivity index (χ0n) is 17.4. The first-order valence-corrected chi connectivity index (χ1v) is 12.4. The van der Waals surface area contributed by atoms with Crippen LogP contribution in [0.3, 0.4) is 0 Å². The van der Waals surface area contributed by atoms with Crippen LogP contribution in [0.25, 0.3) is 33.3 Å². The molecule has 0 radical (unpaired) electrons. The van der Waals surface area contributed by atoms with Gasteiger partial charge in [-0.05, 0) is 29.7 Å². The van der Waals surface area contributed by atoms with E-state index >= 15 is 0 Å². The molecular formula is C26H22N2O3S. The van der Waals surface area contributed by atoms with E-state index in [9.17, 15) is 13.2 Å². The third-order valence-corrected chi connectivity index (χ3v) is 7.58. The van der Waals surface area contributed by atoms with Crippen molar-refractivity contribution in [2.24, 2.45) is 0 Å². The molecule has 0 saturated carbocycles. The van der Waals surface area contributed by atoms with Gasteiger partial charge in [-0.3, -0.25) is 4.79 Å². The monoisotopic (exact) mass is 442 g/mol. The molecule has 6 heteroatoms. The van der Waals surface area contributed by atoms with Crippen LogP contribution in [0.5, 0.6) is 0 Å². The van der Waals surface area contributed by atoms with Crippen molar-refractivity contribution in [1.29, 1.82) is 0 Å². The molecule has 1 amide bonds. The summed E-state index contributed by atoms with van der Waals surface area (Å²) in [5, 5.41) is 3.65. The van der Waals surface area contributed by atoms with Crippen LogP contribution in [0.1, 0.15) is 16.8 Å². The van der Waals surface area contributed by atoms with E-state index in [4.69, 9.17) is 4.98 Å². The largest absolute Gasteiger partial charge is 0.348 e. The van der Waals surface area contributed by atoms with Crippen LogP contribution in [0, 0.1) is 0 Å². The molecule has 1 aromatic heterocycles. The Balaban J connectivity index is 1.50. The fourth-order valence-electron chi connectivity index (χ4n) is 4.15. The minimum absolute atomic E-state index is 0.00440. The van der Waals surface area contributed by atoms with Crippen molar-refractivity contribution >= 4 is 26.6 Å². The maximum absolute atomic E-state index is 13.1. The lowest BCUT2D eigenvalue weighted by atomic mass is 10.0. The lowest BCUT2D eigenvalue weighted by Crippen LogP contribution is -2.35. The summed E-state index contributed by atoms with van der Waals surface area (Å²) in [6.07, 6.45) is 0.449. The van der Waals surface area contributed by atoms with E-state index in [1.807, 2.05) is 66.7 Å². The van der Waals surface area contributed by atoms with Crippen LogP contribution in [-0.4, -0.2) is 36.9 Å². The van der Waals surface area contributed by atoms with Crippen molar-refractivity contribution in [1.82, 2.24) is 10.3 Å².